The SMILES string of the molecule is CC(NC(=O)c1coc(CN)c1)C12CC3CC(CC(C3)C1)C2. The molecular formula is C18H26N2O2. The van der Waals surface area contributed by atoms with E-state index in [2.05, 4.69) is 12.2 Å². The zero-order valence-corrected chi connectivity index (χ0v) is 13.3. The van der Waals surface area contributed by atoms with Crippen molar-refractivity contribution in [1.82, 2.24) is 5.32 Å². The molecule has 0 aromatic carbocycles. The minimum absolute atomic E-state index is 0.0216. The molecule has 0 saturated heterocycles. The van der Waals surface area contributed by atoms with Crippen LogP contribution in [0.5, 0.6) is 0 Å². The summed E-state index contributed by atoms with van der Waals surface area (Å²) < 4.78 is 5.28. The van der Waals surface area contributed by atoms with Gasteiger partial charge >= 0.3 is 0 Å². The molecule has 4 nitrogen and oxygen atoms in total. The van der Waals surface area contributed by atoms with E-state index in [1.54, 1.807) is 6.07 Å². The van der Waals surface area contributed by atoms with Crippen LogP contribution in [-0.4, -0.2) is 11.9 Å². The monoisotopic (exact) mass is 302 g/mol. The van der Waals surface area contributed by atoms with Gasteiger partial charge in [0.25, 0.3) is 5.91 Å². The number of nitrogens with one attached hydrogen (secondary N) is 1. The van der Waals surface area contributed by atoms with Gasteiger partial charge in [-0.25, -0.2) is 0 Å². The lowest BCUT2D eigenvalue weighted by molar-refractivity contribution is -0.0688. The second-order valence-electron chi connectivity index (χ2n) is 7.98. The van der Waals surface area contributed by atoms with E-state index in [0.717, 1.165) is 17.8 Å². The van der Waals surface area contributed by atoms with Crippen LogP contribution in [0.15, 0.2) is 16.7 Å². The van der Waals surface area contributed by atoms with Crippen LogP contribution in [-0.2, 0) is 6.54 Å². The summed E-state index contributed by atoms with van der Waals surface area (Å²) in [5.41, 5.74) is 6.47. The number of amides is 1. The molecule has 1 heterocycles. The molecule has 1 amide bonds. The Kier molecular flexibility index (Phi) is 3.33. The predicted molar refractivity (Wildman–Crippen MR) is 84.1 cm³/mol. The van der Waals surface area contributed by atoms with E-state index < -0.39 is 0 Å². The Balaban J connectivity index is 1.47. The molecule has 4 aliphatic rings. The van der Waals surface area contributed by atoms with Crippen molar-refractivity contribution in [2.24, 2.45) is 28.9 Å². The Morgan fingerprint density at radius 1 is 1.32 bits per heavy atom. The lowest BCUT2D eigenvalue weighted by atomic mass is 9.48. The van der Waals surface area contributed by atoms with Gasteiger partial charge in [0.2, 0.25) is 0 Å². The molecule has 4 heteroatoms. The van der Waals surface area contributed by atoms with Gasteiger partial charge in [0.05, 0.1) is 12.1 Å². The first-order chi connectivity index (χ1) is 10.6. The number of carbonyl (C=O) groups is 1. The number of furan rings is 1. The van der Waals surface area contributed by atoms with Crippen molar-refractivity contribution >= 4 is 5.91 Å². The Hall–Kier alpha value is -1.29. The van der Waals surface area contributed by atoms with Crippen molar-refractivity contribution in [3.63, 3.8) is 0 Å². The largest absolute Gasteiger partial charge is 0.467 e. The summed E-state index contributed by atoms with van der Waals surface area (Å²) in [6, 6.07) is 1.99. The summed E-state index contributed by atoms with van der Waals surface area (Å²) in [6.45, 7) is 2.53. The van der Waals surface area contributed by atoms with Gasteiger partial charge in [0.15, 0.2) is 0 Å². The topological polar surface area (TPSA) is 68.3 Å². The second-order valence-corrected chi connectivity index (χ2v) is 7.98. The molecule has 0 spiro atoms. The molecule has 120 valence electrons. The van der Waals surface area contributed by atoms with E-state index in [-0.39, 0.29) is 11.9 Å². The van der Waals surface area contributed by atoms with E-state index in [1.807, 2.05) is 0 Å². The van der Waals surface area contributed by atoms with Crippen molar-refractivity contribution in [2.75, 3.05) is 0 Å². The minimum atomic E-state index is -0.0216. The van der Waals surface area contributed by atoms with Crippen LogP contribution < -0.4 is 11.1 Å². The molecule has 5 rings (SSSR count). The van der Waals surface area contributed by atoms with Gasteiger partial charge in [0.1, 0.15) is 12.0 Å². The molecule has 4 aliphatic carbocycles. The summed E-state index contributed by atoms with van der Waals surface area (Å²) in [7, 11) is 0. The zero-order chi connectivity index (χ0) is 15.3. The summed E-state index contributed by atoms with van der Waals surface area (Å²) in [6.07, 6.45) is 9.73. The van der Waals surface area contributed by atoms with Gasteiger partial charge in [-0.2, -0.15) is 0 Å². The van der Waals surface area contributed by atoms with Crippen molar-refractivity contribution in [3.05, 3.63) is 23.7 Å². The molecule has 0 radical (unpaired) electrons. The summed E-state index contributed by atoms with van der Waals surface area (Å²) >= 11 is 0. The first kappa shape index (κ1) is 14.3. The molecule has 4 fully saturated rings. The van der Waals surface area contributed by atoms with Crippen LogP contribution in [0, 0.1) is 23.2 Å². The fourth-order valence-electron chi connectivity index (χ4n) is 5.75. The Morgan fingerprint density at radius 3 is 2.41 bits per heavy atom. The molecule has 1 unspecified atom stereocenters. The van der Waals surface area contributed by atoms with Crippen molar-refractivity contribution < 1.29 is 9.21 Å². The summed E-state index contributed by atoms with van der Waals surface area (Å²) in [5.74, 6) is 3.36. The van der Waals surface area contributed by atoms with Gasteiger partial charge < -0.3 is 15.5 Å². The third kappa shape index (κ3) is 2.28. The van der Waals surface area contributed by atoms with Gasteiger partial charge in [0, 0.05) is 6.04 Å². The van der Waals surface area contributed by atoms with E-state index in [0.29, 0.717) is 23.3 Å². The van der Waals surface area contributed by atoms with Gasteiger partial charge in [-0.3, -0.25) is 4.79 Å². The fraction of sp³-hybridized carbons (Fsp3) is 0.722. The maximum atomic E-state index is 12.5. The first-order valence-corrected chi connectivity index (χ1v) is 8.66. The normalized spacial score (nSPS) is 37.3. The maximum absolute atomic E-state index is 12.5. The molecule has 4 bridgehead atoms. The average Bonchev–Trinajstić information content (AvgIpc) is 2.94. The number of hydrogen-bond donors (Lipinski definition) is 2. The number of rotatable bonds is 4. The van der Waals surface area contributed by atoms with Crippen LogP contribution in [0.2, 0.25) is 0 Å². The smallest absolute Gasteiger partial charge is 0.254 e. The predicted octanol–water partition coefficient (Wildman–Crippen LogP) is 3.07. The van der Waals surface area contributed by atoms with E-state index >= 15 is 0 Å². The lowest BCUT2D eigenvalue weighted by Crippen LogP contribution is -2.55. The van der Waals surface area contributed by atoms with Crippen molar-refractivity contribution in [3.8, 4) is 0 Å². The molecule has 22 heavy (non-hydrogen) atoms. The highest BCUT2D eigenvalue weighted by Gasteiger charge is 2.53. The first-order valence-electron chi connectivity index (χ1n) is 8.66. The number of hydrogen-bond acceptors (Lipinski definition) is 3. The maximum Gasteiger partial charge on any atom is 0.254 e. The minimum Gasteiger partial charge on any atom is -0.467 e. The van der Waals surface area contributed by atoms with Crippen LogP contribution in [0.1, 0.15) is 61.6 Å². The Morgan fingerprint density at radius 2 is 1.91 bits per heavy atom. The number of carbonyl (C=O) groups excluding carboxylic acids is 1. The average molecular weight is 302 g/mol. The van der Waals surface area contributed by atoms with Gasteiger partial charge in [-0.05, 0) is 74.7 Å². The van der Waals surface area contributed by atoms with Crippen molar-refractivity contribution in [1.29, 1.82) is 0 Å². The van der Waals surface area contributed by atoms with Gasteiger partial charge in [-0.15, -0.1) is 0 Å². The second kappa shape index (κ2) is 5.12. The van der Waals surface area contributed by atoms with Crippen molar-refractivity contribution in [2.45, 2.75) is 58.0 Å². The van der Waals surface area contributed by atoms with Crippen LogP contribution in [0.4, 0.5) is 0 Å². The summed E-state index contributed by atoms with van der Waals surface area (Å²) in [4.78, 5) is 12.5. The zero-order valence-electron chi connectivity index (χ0n) is 13.3. The Bertz CT molecular complexity index is 542. The van der Waals surface area contributed by atoms with E-state index in [9.17, 15) is 4.79 Å². The number of nitrogens with two attached hydrogens (primary N) is 1. The third-order valence-corrected chi connectivity index (χ3v) is 6.47. The van der Waals surface area contributed by atoms with Crippen LogP contribution >= 0.6 is 0 Å². The molecule has 3 N–H and O–H groups in total. The van der Waals surface area contributed by atoms with Crippen LogP contribution in [0.3, 0.4) is 0 Å². The lowest BCUT2D eigenvalue weighted by Gasteiger charge is -2.59. The highest BCUT2D eigenvalue weighted by molar-refractivity contribution is 5.94. The molecular weight excluding hydrogens is 276 g/mol. The molecule has 1 aromatic heterocycles. The third-order valence-electron chi connectivity index (χ3n) is 6.47. The molecule has 1 atom stereocenters. The fourth-order valence-corrected chi connectivity index (χ4v) is 5.75. The highest BCUT2D eigenvalue weighted by atomic mass is 16.3. The van der Waals surface area contributed by atoms with E-state index in [1.165, 1.54) is 44.8 Å². The molecule has 1 aromatic rings. The quantitative estimate of drug-likeness (QED) is 0.898. The van der Waals surface area contributed by atoms with Gasteiger partial charge in [-0.1, -0.05) is 0 Å². The van der Waals surface area contributed by atoms with E-state index in [4.69, 9.17) is 10.2 Å². The highest BCUT2D eigenvalue weighted by Crippen LogP contribution is 2.61. The Labute approximate surface area is 131 Å². The van der Waals surface area contributed by atoms with Crippen LogP contribution in [0.25, 0.3) is 0 Å². The molecule has 4 saturated carbocycles. The standard InChI is InChI=1S/C18H26N2O2/c1-11(20-17(21)15-5-16(9-19)22-10-15)18-6-12-2-13(7-18)4-14(3-12)8-18/h5,10-14H,2-4,6-9,19H2,1H3,(H,20,21). The summed E-state index contributed by atoms with van der Waals surface area (Å²) in [5, 5.41) is 3.25. The molecule has 0 aliphatic heterocycles.